The molecule has 0 heterocycles. The Hall–Kier alpha value is -3.05. The first-order chi connectivity index (χ1) is 13.2. The van der Waals surface area contributed by atoms with Crippen LogP contribution in [0.5, 0.6) is 5.75 Å². The molecule has 1 amide bonds. The lowest BCUT2D eigenvalue weighted by Gasteiger charge is -2.04. The van der Waals surface area contributed by atoms with Gasteiger partial charge in [-0.1, -0.05) is 30.3 Å². The standard InChI is InChI=1S/C22H20N2O2S/c1-26-20-13-9-17(10-14-20)15-23-24-22(25)19-11-7-18(8-12-19)16-27-21-5-3-2-4-6-21/h2-15H,16H2,1H3,(H,24,25)/b23-15-. The highest BCUT2D eigenvalue weighted by molar-refractivity contribution is 7.98. The van der Waals surface area contributed by atoms with Crippen LogP contribution in [0, 0.1) is 0 Å². The van der Waals surface area contributed by atoms with Gasteiger partial charge in [-0.25, -0.2) is 5.43 Å². The van der Waals surface area contributed by atoms with Gasteiger partial charge >= 0.3 is 0 Å². The molecule has 1 N–H and O–H groups in total. The van der Waals surface area contributed by atoms with Crippen LogP contribution in [0.4, 0.5) is 0 Å². The van der Waals surface area contributed by atoms with Gasteiger partial charge in [-0.05, 0) is 59.7 Å². The number of thioether (sulfide) groups is 1. The molecule has 5 heteroatoms. The minimum atomic E-state index is -0.234. The van der Waals surface area contributed by atoms with Crippen molar-refractivity contribution in [2.45, 2.75) is 10.6 Å². The molecule has 3 aromatic rings. The van der Waals surface area contributed by atoms with E-state index in [0.717, 1.165) is 17.1 Å². The van der Waals surface area contributed by atoms with Gasteiger partial charge in [0.25, 0.3) is 5.91 Å². The number of methoxy groups -OCH3 is 1. The van der Waals surface area contributed by atoms with E-state index in [9.17, 15) is 4.79 Å². The lowest BCUT2D eigenvalue weighted by molar-refractivity contribution is 0.0955. The van der Waals surface area contributed by atoms with Gasteiger partial charge in [-0.3, -0.25) is 4.79 Å². The number of hydrogen-bond donors (Lipinski definition) is 1. The van der Waals surface area contributed by atoms with Crippen LogP contribution in [0.15, 0.2) is 88.9 Å². The average Bonchev–Trinajstić information content (AvgIpc) is 2.74. The molecule has 0 aliphatic rings. The van der Waals surface area contributed by atoms with Gasteiger partial charge in [-0.2, -0.15) is 5.10 Å². The van der Waals surface area contributed by atoms with Crippen molar-refractivity contribution < 1.29 is 9.53 Å². The van der Waals surface area contributed by atoms with E-state index in [4.69, 9.17) is 4.74 Å². The van der Waals surface area contributed by atoms with E-state index in [-0.39, 0.29) is 5.91 Å². The lowest BCUT2D eigenvalue weighted by Crippen LogP contribution is -2.17. The van der Waals surface area contributed by atoms with Crippen molar-refractivity contribution in [3.8, 4) is 5.75 Å². The van der Waals surface area contributed by atoms with Crippen LogP contribution in [0.25, 0.3) is 0 Å². The molecule has 3 rings (SSSR count). The first-order valence-electron chi connectivity index (χ1n) is 8.49. The molecular formula is C22H20N2O2S. The number of nitrogens with one attached hydrogen (secondary N) is 1. The molecule has 27 heavy (non-hydrogen) atoms. The molecule has 0 fully saturated rings. The summed E-state index contributed by atoms with van der Waals surface area (Å²) < 4.78 is 5.11. The van der Waals surface area contributed by atoms with E-state index < -0.39 is 0 Å². The predicted molar refractivity (Wildman–Crippen MR) is 110 cm³/mol. The molecule has 0 aliphatic heterocycles. The van der Waals surface area contributed by atoms with E-state index in [0.29, 0.717) is 5.56 Å². The van der Waals surface area contributed by atoms with E-state index in [1.165, 1.54) is 10.5 Å². The molecule has 0 saturated carbocycles. The van der Waals surface area contributed by atoms with Crippen molar-refractivity contribution in [2.75, 3.05) is 7.11 Å². The summed E-state index contributed by atoms with van der Waals surface area (Å²) in [4.78, 5) is 13.4. The van der Waals surface area contributed by atoms with Crippen LogP contribution in [0.2, 0.25) is 0 Å². The third kappa shape index (κ3) is 5.72. The maximum absolute atomic E-state index is 12.2. The van der Waals surface area contributed by atoms with Crippen LogP contribution in [-0.2, 0) is 5.75 Å². The van der Waals surface area contributed by atoms with Gasteiger partial charge in [0.2, 0.25) is 0 Å². The summed E-state index contributed by atoms with van der Waals surface area (Å²) in [6.07, 6.45) is 1.60. The summed E-state index contributed by atoms with van der Waals surface area (Å²) in [6, 6.07) is 25.3. The summed E-state index contributed by atoms with van der Waals surface area (Å²) in [5.74, 6) is 1.41. The Morgan fingerprint density at radius 2 is 1.70 bits per heavy atom. The smallest absolute Gasteiger partial charge is 0.271 e. The Labute approximate surface area is 163 Å². The van der Waals surface area contributed by atoms with Gasteiger partial charge in [-0.15, -0.1) is 11.8 Å². The zero-order valence-corrected chi connectivity index (χ0v) is 15.8. The van der Waals surface area contributed by atoms with Gasteiger partial charge in [0.15, 0.2) is 0 Å². The number of nitrogens with zero attached hydrogens (tertiary/aromatic N) is 1. The summed E-state index contributed by atoms with van der Waals surface area (Å²) in [6.45, 7) is 0. The van der Waals surface area contributed by atoms with Gasteiger partial charge in [0.05, 0.1) is 13.3 Å². The second-order valence-corrected chi connectivity index (χ2v) is 6.82. The maximum Gasteiger partial charge on any atom is 0.271 e. The summed E-state index contributed by atoms with van der Waals surface area (Å²) in [7, 11) is 1.62. The third-order valence-electron chi connectivity index (χ3n) is 3.86. The quantitative estimate of drug-likeness (QED) is 0.368. The number of amides is 1. The largest absolute Gasteiger partial charge is 0.497 e. The molecule has 4 nitrogen and oxygen atoms in total. The Balaban J connectivity index is 1.51. The second kappa shape index (κ2) is 9.59. The van der Waals surface area contributed by atoms with Crippen molar-refractivity contribution >= 4 is 23.9 Å². The molecule has 0 atom stereocenters. The number of carbonyl (C=O) groups excluding carboxylic acids is 1. The SMILES string of the molecule is COc1ccc(/C=N\NC(=O)c2ccc(CSc3ccccc3)cc2)cc1. The molecule has 0 bridgehead atoms. The van der Waals surface area contributed by atoms with Crippen LogP contribution in [-0.4, -0.2) is 19.2 Å². The minimum absolute atomic E-state index is 0.234. The van der Waals surface area contributed by atoms with Crippen LogP contribution < -0.4 is 10.2 Å². The summed E-state index contributed by atoms with van der Waals surface area (Å²) in [5, 5.41) is 4.00. The molecule has 3 aromatic carbocycles. The topological polar surface area (TPSA) is 50.7 Å². The van der Waals surface area contributed by atoms with Crippen molar-refractivity contribution in [1.82, 2.24) is 5.43 Å². The van der Waals surface area contributed by atoms with E-state index in [1.54, 1.807) is 25.1 Å². The fourth-order valence-corrected chi connectivity index (χ4v) is 3.23. The Bertz CT molecular complexity index is 892. The maximum atomic E-state index is 12.2. The minimum Gasteiger partial charge on any atom is -0.497 e. The van der Waals surface area contributed by atoms with Crippen molar-refractivity contribution in [2.24, 2.45) is 5.10 Å². The lowest BCUT2D eigenvalue weighted by atomic mass is 10.1. The molecule has 0 aliphatic carbocycles. The summed E-state index contributed by atoms with van der Waals surface area (Å²) in [5.41, 5.74) is 5.17. The molecule has 0 radical (unpaired) electrons. The van der Waals surface area contributed by atoms with Crippen LogP contribution >= 0.6 is 11.8 Å². The molecule has 0 saturated heterocycles. The molecule has 0 spiro atoms. The number of benzene rings is 3. The monoisotopic (exact) mass is 376 g/mol. The van der Waals surface area contributed by atoms with Gasteiger partial charge < -0.3 is 4.74 Å². The zero-order chi connectivity index (χ0) is 18.9. The number of ether oxygens (including phenoxy) is 1. The number of hydrogen-bond acceptors (Lipinski definition) is 4. The fourth-order valence-electron chi connectivity index (χ4n) is 2.36. The Kier molecular flexibility index (Phi) is 6.66. The second-order valence-electron chi connectivity index (χ2n) is 5.77. The van der Waals surface area contributed by atoms with Crippen molar-refractivity contribution in [3.05, 3.63) is 95.6 Å². The van der Waals surface area contributed by atoms with E-state index in [2.05, 4.69) is 22.7 Å². The molecule has 136 valence electrons. The third-order valence-corrected chi connectivity index (χ3v) is 4.94. The van der Waals surface area contributed by atoms with Gasteiger partial charge in [0, 0.05) is 16.2 Å². The van der Waals surface area contributed by atoms with E-state index >= 15 is 0 Å². The number of carbonyl (C=O) groups is 1. The summed E-state index contributed by atoms with van der Waals surface area (Å²) >= 11 is 1.77. The molecule has 0 aromatic heterocycles. The Morgan fingerprint density at radius 1 is 1.00 bits per heavy atom. The predicted octanol–water partition coefficient (Wildman–Crippen LogP) is 4.75. The van der Waals surface area contributed by atoms with E-state index in [1.807, 2.05) is 66.7 Å². The van der Waals surface area contributed by atoms with Crippen LogP contribution in [0.1, 0.15) is 21.5 Å². The highest BCUT2D eigenvalue weighted by Gasteiger charge is 2.04. The van der Waals surface area contributed by atoms with Crippen molar-refractivity contribution in [3.63, 3.8) is 0 Å². The number of rotatable bonds is 7. The zero-order valence-electron chi connectivity index (χ0n) is 15.0. The normalized spacial score (nSPS) is 10.7. The fraction of sp³-hybridized carbons (Fsp3) is 0.0909. The van der Waals surface area contributed by atoms with Crippen molar-refractivity contribution in [1.29, 1.82) is 0 Å². The highest BCUT2D eigenvalue weighted by Crippen LogP contribution is 2.22. The first kappa shape index (κ1) is 18.7. The molecular weight excluding hydrogens is 356 g/mol. The average molecular weight is 376 g/mol. The highest BCUT2D eigenvalue weighted by atomic mass is 32.2. The Morgan fingerprint density at radius 3 is 2.37 bits per heavy atom. The van der Waals surface area contributed by atoms with Gasteiger partial charge in [0.1, 0.15) is 5.75 Å². The first-order valence-corrected chi connectivity index (χ1v) is 9.47. The number of hydrazone groups is 1. The van der Waals surface area contributed by atoms with Crippen LogP contribution in [0.3, 0.4) is 0 Å². The molecule has 0 unspecified atom stereocenters.